The van der Waals surface area contributed by atoms with E-state index in [1.165, 1.54) is 7.11 Å². The third kappa shape index (κ3) is 3.62. The van der Waals surface area contributed by atoms with Crippen LogP contribution >= 0.6 is 0 Å². The molecule has 5 atom stereocenters. The first-order chi connectivity index (χ1) is 10.1. The Morgan fingerprint density at radius 3 is 2.33 bits per heavy atom. The van der Waals surface area contributed by atoms with Gasteiger partial charge in [0.15, 0.2) is 0 Å². The number of aliphatic hydroxyl groups excluding tert-OH is 4. The molecular weight excluding hydrogens is 282 g/mol. The highest BCUT2D eigenvalue weighted by molar-refractivity contribution is 5.44. The minimum atomic E-state index is -1.46. The van der Waals surface area contributed by atoms with Gasteiger partial charge >= 0.3 is 0 Å². The van der Waals surface area contributed by atoms with E-state index in [-0.39, 0.29) is 0 Å². The standard InChI is InChI=1S/C13H19NO7/c1-19-14-7-2-4-8(5-3-7)20-13-12(18)11(17)10(16)9(6-15)21-13/h2-5,9-18H,6H2,1H3/t9-,10+,11?,12-,13-/m1/s1. The molecule has 0 spiro atoms. The first-order valence-electron chi connectivity index (χ1n) is 6.43. The molecule has 21 heavy (non-hydrogen) atoms. The van der Waals surface area contributed by atoms with Gasteiger partial charge in [-0.05, 0) is 24.3 Å². The quantitative estimate of drug-likeness (QED) is 0.432. The van der Waals surface area contributed by atoms with Crippen LogP contribution < -0.4 is 10.2 Å². The van der Waals surface area contributed by atoms with Crippen LogP contribution in [0.1, 0.15) is 0 Å². The number of ether oxygens (including phenoxy) is 2. The van der Waals surface area contributed by atoms with E-state index in [0.717, 1.165) is 0 Å². The lowest BCUT2D eigenvalue weighted by molar-refractivity contribution is -0.277. The molecule has 1 fully saturated rings. The highest BCUT2D eigenvalue weighted by Gasteiger charge is 2.44. The van der Waals surface area contributed by atoms with Crippen LogP contribution in [-0.2, 0) is 9.57 Å². The minimum Gasteiger partial charge on any atom is -0.462 e. The van der Waals surface area contributed by atoms with Crippen LogP contribution in [0.15, 0.2) is 24.3 Å². The Hall–Kier alpha value is -1.42. The van der Waals surface area contributed by atoms with E-state index in [4.69, 9.17) is 19.4 Å². The molecule has 2 rings (SSSR count). The summed E-state index contributed by atoms with van der Waals surface area (Å²) in [6, 6.07) is 6.59. The third-order valence-corrected chi connectivity index (χ3v) is 3.17. The van der Waals surface area contributed by atoms with E-state index in [1.807, 2.05) is 0 Å². The highest BCUT2D eigenvalue weighted by Crippen LogP contribution is 2.25. The first kappa shape index (κ1) is 16.0. The summed E-state index contributed by atoms with van der Waals surface area (Å²) in [6.45, 7) is -0.499. The van der Waals surface area contributed by atoms with Crippen LogP contribution in [0.25, 0.3) is 0 Å². The van der Waals surface area contributed by atoms with Crippen LogP contribution in [0.4, 0.5) is 5.69 Å². The van der Waals surface area contributed by atoms with Crippen molar-refractivity contribution in [3.63, 3.8) is 0 Å². The van der Waals surface area contributed by atoms with Gasteiger partial charge in [-0.3, -0.25) is 10.3 Å². The summed E-state index contributed by atoms with van der Waals surface area (Å²) in [4.78, 5) is 4.75. The fourth-order valence-corrected chi connectivity index (χ4v) is 2.02. The molecule has 5 N–H and O–H groups in total. The van der Waals surface area contributed by atoms with Crippen LogP contribution in [0.3, 0.4) is 0 Å². The normalized spacial score (nSPS) is 32.7. The Balaban J connectivity index is 2.03. The monoisotopic (exact) mass is 301 g/mol. The van der Waals surface area contributed by atoms with Crippen LogP contribution in [0.5, 0.6) is 5.75 Å². The van der Waals surface area contributed by atoms with Gasteiger partial charge in [-0.1, -0.05) is 0 Å². The second-order valence-corrected chi connectivity index (χ2v) is 4.65. The largest absolute Gasteiger partial charge is 0.462 e. The van der Waals surface area contributed by atoms with Crippen LogP contribution in [0, 0.1) is 0 Å². The molecule has 0 saturated carbocycles. The van der Waals surface area contributed by atoms with Crippen molar-refractivity contribution in [3.8, 4) is 5.75 Å². The van der Waals surface area contributed by atoms with Crippen molar-refractivity contribution in [2.75, 3.05) is 19.2 Å². The lowest BCUT2D eigenvalue weighted by Gasteiger charge is -2.39. The highest BCUT2D eigenvalue weighted by atomic mass is 16.7. The molecule has 1 heterocycles. The molecule has 8 heteroatoms. The summed E-state index contributed by atoms with van der Waals surface area (Å²) in [7, 11) is 1.48. The molecule has 8 nitrogen and oxygen atoms in total. The maximum atomic E-state index is 9.85. The maximum absolute atomic E-state index is 9.85. The van der Waals surface area contributed by atoms with Crippen LogP contribution in [0.2, 0.25) is 0 Å². The van der Waals surface area contributed by atoms with E-state index in [2.05, 4.69) is 5.48 Å². The zero-order valence-corrected chi connectivity index (χ0v) is 11.4. The predicted octanol–water partition coefficient (Wildman–Crippen LogP) is -1.16. The van der Waals surface area contributed by atoms with Crippen molar-refractivity contribution in [2.24, 2.45) is 0 Å². The number of benzene rings is 1. The summed E-state index contributed by atoms with van der Waals surface area (Å²) >= 11 is 0. The molecule has 1 unspecified atom stereocenters. The Kier molecular flexibility index (Phi) is 5.34. The topological polar surface area (TPSA) is 121 Å². The molecule has 1 aliphatic rings. The Morgan fingerprint density at radius 2 is 1.76 bits per heavy atom. The third-order valence-electron chi connectivity index (χ3n) is 3.17. The molecule has 0 amide bonds. The van der Waals surface area contributed by atoms with E-state index < -0.39 is 37.3 Å². The lowest BCUT2D eigenvalue weighted by Crippen LogP contribution is -2.60. The molecule has 1 saturated heterocycles. The number of nitrogens with one attached hydrogen (secondary N) is 1. The zero-order valence-electron chi connectivity index (χ0n) is 11.4. The van der Waals surface area contributed by atoms with Gasteiger partial charge in [-0.25, -0.2) is 0 Å². The van der Waals surface area contributed by atoms with Crippen LogP contribution in [-0.4, -0.2) is 64.8 Å². The second kappa shape index (κ2) is 7.03. The minimum absolute atomic E-state index is 0.390. The van der Waals surface area contributed by atoms with Gasteiger partial charge < -0.3 is 29.9 Å². The Morgan fingerprint density at radius 1 is 1.10 bits per heavy atom. The van der Waals surface area contributed by atoms with Gasteiger partial charge in [0, 0.05) is 0 Å². The summed E-state index contributed by atoms with van der Waals surface area (Å²) in [5, 5.41) is 38.3. The smallest absolute Gasteiger partial charge is 0.229 e. The molecule has 1 aliphatic heterocycles. The Bertz CT molecular complexity index is 439. The molecule has 0 aromatic heterocycles. The van der Waals surface area contributed by atoms with E-state index >= 15 is 0 Å². The average Bonchev–Trinajstić information content (AvgIpc) is 2.50. The number of hydrogen-bond acceptors (Lipinski definition) is 8. The zero-order chi connectivity index (χ0) is 15.4. The lowest BCUT2D eigenvalue weighted by atomic mass is 9.99. The van der Waals surface area contributed by atoms with E-state index in [9.17, 15) is 15.3 Å². The summed E-state index contributed by atoms with van der Waals surface area (Å²) in [6.07, 6.45) is -6.49. The predicted molar refractivity (Wildman–Crippen MR) is 71.5 cm³/mol. The number of rotatable bonds is 5. The van der Waals surface area contributed by atoms with Crippen molar-refractivity contribution < 1.29 is 34.7 Å². The summed E-state index contributed by atoms with van der Waals surface area (Å²) < 4.78 is 10.7. The Labute approximate surface area is 121 Å². The van der Waals surface area contributed by atoms with Crippen molar-refractivity contribution >= 4 is 5.69 Å². The number of hydrogen-bond donors (Lipinski definition) is 5. The van der Waals surface area contributed by atoms with Gasteiger partial charge in [-0.2, -0.15) is 0 Å². The van der Waals surface area contributed by atoms with Gasteiger partial charge in [0.25, 0.3) is 0 Å². The fraction of sp³-hybridized carbons (Fsp3) is 0.538. The number of anilines is 1. The van der Waals surface area contributed by atoms with Gasteiger partial charge in [0.1, 0.15) is 30.2 Å². The first-order valence-corrected chi connectivity index (χ1v) is 6.43. The average molecular weight is 301 g/mol. The van der Waals surface area contributed by atoms with Crippen molar-refractivity contribution in [2.45, 2.75) is 30.7 Å². The molecule has 118 valence electrons. The SMILES string of the molecule is CONc1ccc(O[C@@H]2O[C@H](CO)[C@H](O)C(O)[C@H]2O)cc1. The van der Waals surface area contributed by atoms with Crippen molar-refractivity contribution in [3.05, 3.63) is 24.3 Å². The van der Waals surface area contributed by atoms with E-state index in [0.29, 0.717) is 11.4 Å². The summed E-state index contributed by atoms with van der Waals surface area (Å²) in [5.74, 6) is 0.390. The van der Waals surface area contributed by atoms with E-state index in [1.54, 1.807) is 24.3 Å². The molecule has 1 aromatic carbocycles. The van der Waals surface area contributed by atoms with Gasteiger partial charge in [0.2, 0.25) is 6.29 Å². The number of aliphatic hydroxyl groups is 4. The van der Waals surface area contributed by atoms with Gasteiger partial charge in [-0.15, -0.1) is 0 Å². The maximum Gasteiger partial charge on any atom is 0.229 e. The second-order valence-electron chi connectivity index (χ2n) is 4.65. The van der Waals surface area contributed by atoms with Crippen molar-refractivity contribution in [1.29, 1.82) is 0 Å². The molecule has 0 radical (unpaired) electrons. The van der Waals surface area contributed by atoms with Gasteiger partial charge in [0.05, 0.1) is 19.4 Å². The summed E-state index contributed by atoms with van der Waals surface area (Å²) in [5.41, 5.74) is 3.34. The molecule has 0 aliphatic carbocycles. The van der Waals surface area contributed by atoms with Crippen molar-refractivity contribution in [1.82, 2.24) is 0 Å². The molecular formula is C13H19NO7. The molecule has 1 aromatic rings. The fourth-order valence-electron chi connectivity index (χ4n) is 2.02. The molecule has 0 bridgehead atoms.